The van der Waals surface area contributed by atoms with Crippen LogP contribution in [0.1, 0.15) is 23.8 Å². The molecule has 1 amide bonds. The number of nitrogens with zero attached hydrogens (tertiary/aromatic N) is 2. The second kappa shape index (κ2) is 5.17. The molecule has 3 rings (SSSR count). The summed E-state index contributed by atoms with van der Waals surface area (Å²) in [5.74, 6) is 1.40. The normalized spacial score (nSPS) is 25.9. The van der Waals surface area contributed by atoms with Crippen molar-refractivity contribution in [3.8, 4) is 0 Å². The van der Waals surface area contributed by atoms with Crippen LogP contribution in [0, 0.1) is 11.8 Å². The molecule has 0 unspecified atom stereocenters. The molecule has 0 saturated carbocycles. The van der Waals surface area contributed by atoms with Crippen molar-refractivity contribution in [2.45, 2.75) is 19.9 Å². The van der Waals surface area contributed by atoms with Crippen molar-refractivity contribution in [2.75, 3.05) is 26.2 Å². The zero-order valence-electron chi connectivity index (χ0n) is 11.2. The Balaban J connectivity index is 1.77. The van der Waals surface area contributed by atoms with Gasteiger partial charge >= 0.3 is 0 Å². The lowest BCUT2D eigenvalue weighted by Gasteiger charge is -2.18. The fraction of sp³-hybridized carbons (Fsp3) is 0.643. The van der Waals surface area contributed by atoms with Gasteiger partial charge < -0.3 is 14.8 Å². The highest BCUT2D eigenvalue weighted by Gasteiger charge is 2.38. The van der Waals surface area contributed by atoms with Crippen molar-refractivity contribution >= 4 is 17.5 Å². The third-order valence-electron chi connectivity index (χ3n) is 4.22. The van der Waals surface area contributed by atoms with Gasteiger partial charge in [-0.15, -0.1) is 0 Å². The zero-order valence-corrected chi connectivity index (χ0v) is 12.0. The summed E-state index contributed by atoms with van der Waals surface area (Å²) in [5, 5.41) is 4.05. The molecule has 2 fully saturated rings. The van der Waals surface area contributed by atoms with E-state index in [2.05, 4.69) is 12.2 Å². The molecular formula is C14H20ClN3O. The fourth-order valence-electron chi connectivity index (χ4n) is 3.26. The van der Waals surface area contributed by atoms with Crippen LogP contribution in [0.3, 0.4) is 0 Å². The maximum absolute atomic E-state index is 12.6. The molecule has 2 aliphatic rings. The van der Waals surface area contributed by atoms with Gasteiger partial charge in [-0.05, 0) is 24.3 Å². The SMILES string of the molecule is CCCn1cc(Cl)cc1C(=O)N1C[C@H]2CNC[C@H]2C1. The maximum Gasteiger partial charge on any atom is 0.270 e. The molecule has 1 N–H and O–H groups in total. The Labute approximate surface area is 118 Å². The topological polar surface area (TPSA) is 37.3 Å². The minimum atomic E-state index is 0.134. The quantitative estimate of drug-likeness (QED) is 0.918. The molecule has 0 bridgehead atoms. The Hall–Kier alpha value is -1.00. The van der Waals surface area contributed by atoms with E-state index in [1.54, 1.807) is 6.07 Å². The highest BCUT2D eigenvalue weighted by atomic mass is 35.5. The van der Waals surface area contributed by atoms with Crippen molar-refractivity contribution < 1.29 is 4.79 Å². The van der Waals surface area contributed by atoms with Crippen molar-refractivity contribution in [3.63, 3.8) is 0 Å². The van der Waals surface area contributed by atoms with Crippen LogP contribution in [0.4, 0.5) is 0 Å². The van der Waals surface area contributed by atoms with E-state index in [1.807, 2.05) is 15.7 Å². The van der Waals surface area contributed by atoms with Gasteiger partial charge in [-0.1, -0.05) is 18.5 Å². The van der Waals surface area contributed by atoms with Gasteiger partial charge in [-0.3, -0.25) is 4.79 Å². The van der Waals surface area contributed by atoms with Crippen molar-refractivity contribution in [1.82, 2.24) is 14.8 Å². The van der Waals surface area contributed by atoms with Gasteiger partial charge in [0, 0.05) is 38.9 Å². The van der Waals surface area contributed by atoms with Crippen molar-refractivity contribution in [3.05, 3.63) is 23.0 Å². The van der Waals surface area contributed by atoms with E-state index in [4.69, 9.17) is 11.6 Å². The molecule has 104 valence electrons. The first-order chi connectivity index (χ1) is 9.19. The van der Waals surface area contributed by atoms with Crippen LogP contribution in [-0.4, -0.2) is 41.6 Å². The molecule has 5 heteroatoms. The van der Waals surface area contributed by atoms with Crippen LogP contribution < -0.4 is 5.32 Å². The molecule has 2 atom stereocenters. The van der Waals surface area contributed by atoms with E-state index in [0.29, 0.717) is 16.9 Å². The monoisotopic (exact) mass is 281 g/mol. The highest BCUT2D eigenvalue weighted by molar-refractivity contribution is 6.31. The molecule has 0 aliphatic carbocycles. The summed E-state index contributed by atoms with van der Waals surface area (Å²) in [6.45, 7) is 6.80. The maximum atomic E-state index is 12.6. The van der Waals surface area contributed by atoms with Gasteiger partial charge in [0.1, 0.15) is 5.69 Å². The van der Waals surface area contributed by atoms with E-state index in [1.165, 1.54) is 0 Å². The van der Waals surface area contributed by atoms with E-state index < -0.39 is 0 Å². The zero-order chi connectivity index (χ0) is 13.4. The van der Waals surface area contributed by atoms with Crippen LogP contribution in [0.2, 0.25) is 5.02 Å². The summed E-state index contributed by atoms with van der Waals surface area (Å²) in [6.07, 6.45) is 2.86. The number of amides is 1. The van der Waals surface area contributed by atoms with Crippen LogP contribution in [0.25, 0.3) is 0 Å². The molecule has 1 aromatic heterocycles. The number of likely N-dealkylation sites (tertiary alicyclic amines) is 1. The van der Waals surface area contributed by atoms with E-state index in [-0.39, 0.29) is 5.91 Å². The van der Waals surface area contributed by atoms with E-state index in [0.717, 1.165) is 44.8 Å². The summed E-state index contributed by atoms with van der Waals surface area (Å²) >= 11 is 6.05. The van der Waals surface area contributed by atoms with Crippen molar-refractivity contribution in [2.24, 2.45) is 11.8 Å². The second-order valence-corrected chi connectivity index (χ2v) is 6.06. The molecule has 2 aliphatic heterocycles. The number of hydrogen-bond acceptors (Lipinski definition) is 2. The molecule has 0 radical (unpaired) electrons. The lowest BCUT2D eigenvalue weighted by molar-refractivity contribution is 0.0771. The molecule has 1 aromatic rings. The Morgan fingerprint density at radius 3 is 2.74 bits per heavy atom. The van der Waals surface area contributed by atoms with Crippen LogP contribution >= 0.6 is 11.6 Å². The number of aryl methyl sites for hydroxylation is 1. The standard InChI is InChI=1S/C14H20ClN3O/c1-2-3-17-9-12(15)4-13(17)14(19)18-7-10-5-16-6-11(10)8-18/h4,9-11,16H,2-3,5-8H2,1H3/t10-,11+. The Bertz CT molecular complexity index is 473. The van der Waals surface area contributed by atoms with Gasteiger partial charge in [-0.2, -0.15) is 0 Å². The number of carbonyl (C=O) groups is 1. The fourth-order valence-corrected chi connectivity index (χ4v) is 3.48. The minimum absolute atomic E-state index is 0.134. The van der Waals surface area contributed by atoms with Gasteiger partial charge in [0.2, 0.25) is 0 Å². The van der Waals surface area contributed by atoms with E-state index >= 15 is 0 Å². The lowest BCUT2D eigenvalue weighted by atomic mass is 10.0. The van der Waals surface area contributed by atoms with Gasteiger partial charge in [0.15, 0.2) is 0 Å². The number of carbonyl (C=O) groups excluding carboxylic acids is 1. The average molecular weight is 282 g/mol. The summed E-state index contributed by atoms with van der Waals surface area (Å²) in [7, 11) is 0. The number of nitrogens with one attached hydrogen (secondary N) is 1. The minimum Gasteiger partial charge on any atom is -0.342 e. The average Bonchev–Trinajstić information content (AvgIpc) is 3.02. The molecule has 4 nitrogen and oxygen atoms in total. The third kappa shape index (κ3) is 2.39. The smallest absolute Gasteiger partial charge is 0.270 e. The number of halogens is 1. The number of fused-ring (bicyclic) bond motifs is 1. The van der Waals surface area contributed by atoms with Gasteiger partial charge in [0.05, 0.1) is 5.02 Å². The predicted molar refractivity (Wildman–Crippen MR) is 75.5 cm³/mol. The number of rotatable bonds is 3. The molecule has 2 saturated heterocycles. The largest absolute Gasteiger partial charge is 0.342 e. The van der Waals surface area contributed by atoms with Crippen LogP contribution in [0.5, 0.6) is 0 Å². The first-order valence-electron chi connectivity index (χ1n) is 7.04. The summed E-state index contributed by atoms with van der Waals surface area (Å²) in [5.41, 5.74) is 0.736. The van der Waals surface area contributed by atoms with Gasteiger partial charge in [-0.25, -0.2) is 0 Å². The number of aromatic nitrogens is 1. The molecule has 3 heterocycles. The predicted octanol–water partition coefficient (Wildman–Crippen LogP) is 1.84. The number of hydrogen-bond donors (Lipinski definition) is 1. The molecule has 0 spiro atoms. The molecule has 0 aromatic carbocycles. The summed E-state index contributed by atoms with van der Waals surface area (Å²) in [6, 6.07) is 1.80. The Kier molecular flexibility index (Phi) is 3.54. The molecule has 19 heavy (non-hydrogen) atoms. The second-order valence-electron chi connectivity index (χ2n) is 5.63. The highest BCUT2D eigenvalue weighted by Crippen LogP contribution is 2.28. The molecular weight excluding hydrogens is 262 g/mol. The Morgan fingerprint density at radius 1 is 1.42 bits per heavy atom. The Morgan fingerprint density at radius 2 is 2.11 bits per heavy atom. The van der Waals surface area contributed by atoms with Crippen LogP contribution in [0.15, 0.2) is 12.3 Å². The lowest BCUT2D eigenvalue weighted by Crippen LogP contribution is -2.33. The van der Waals surface area contributed by atoms with E-state index in [9.17, 15) is 4.79 Å². The first kappa shape index (κ1) is 13.0. The van der Waals surface area contributed by atoms with Crippen molar-refractivity contribution in [1.29, 1.82) is 0 Å². The third-order valence-corrected chi connectivity index (χ3v) is 4.43. The first-order valence-corrected chi connectivity index (χ1v) is 7.42. The summed E-state index contributed by atoms with van der Waals surface area (Å²) < 4.78 is 1.98. The van der Waals surface area contributed by atoms with Gasteiger partial charge in [0.25, 0.3) is 5.91 Å². The summed E-state index contributed by atoms with van der Waals surface area (Å²) in [4.78, 5) is 14.6. The van der Waals surface area contributed by atoms with Crippen LogP contribution in [-0.2, 0) is 6.54 Å².